The molecule has 5 aromatic rings. The Morgan fingerprint density at radius 2 is 1.76 bits per heavy atom. The van der Waals surface area contributed by atoms with Gasteiger partial charge in [0.1, 0.15) is 5.52 Å². The van der Waals surface area contributed by atoms with Crippen LogP contribution >= 0.6 is 0 Å². The number of hydrogen-bond donors (Lipinski definition) is 1. The van der Waals surface area contributed by atoms with E-state index in [2.05, 4.69) is 18.0 Å². The lowest BCUT2D eigenvalue weighted by atomic mass is 10.1. The number of amides is 1. The molecule has 5 nitrogen and oxygen atoms in total. The van der Waals surface area contributed by atoms with Gasteiger partial charge in [-0.05, 0) is 55.3 Å². The maximum Gasteiger partial charge on any atom is 0.258 e. The highest BCUT2D eigenvalue weighted by Gasteiger charge is 2.31. The third-order valence-electron chi connectivity index (χ3n) is 5.77. The molecule has 29 heavy (non-hydrogen) atoms. The van der Waals surface area contributed by atoms with Gasteiger partial charge in [0.15, 0.2) is 5.65 Å². The fourth-order valence-electron chi connectivity index (χ4n) is 4.40. The van der Waals surface area contributed by atoms with Gasteiger partial charge in [0.2, 0.25) is 0 Å². The predicted octanol–water partition coefficient (Wildman–Crippen LogP) is 4.86. The number of para-hydroxylation sites is 3. The van der Waals surface area contributed by atoms with E-state index < -0.39 is 0 Å². The van der Waals surface area contributed by atoms with Crippen LogP contribution in [0.4, 0.5) is 5.69 Å². The van der Waals surface area contributed by atoms with Crippen LogP contribution in [0.1, 0.15) is 22.8 Å². The Labute approximate surface area is 167 Å². The van der Waals surface area contributed by atoms with Crippen LogP contribution in [-0.2, 0) is 6.42 Å². The Hall–Kier alpha value is -3.73. The Morgan fingerprint density at radius 1 is 1.00 bits per heavy atom. The number of hydrogen-bond acceptors (Lipinski definition) is 3. The quantitative estimate of drug-likeness (QED) is 0.453. The first-order valence-electron chi connectivity index (χ1n) is 9.79. The summed E-state index contributed by atoms with van der Waals surface area (Å²) in [5, 5.41) is 0.921. The van der Waals surface area contributed by atoms with Crippen LogP contribution in [0.5, 0.6) is 0 Å². The maximum atomic E-state index is 13.4. The molecule has 1 N–H and O–H groups in total. The number of rotatable bonds is 1. The Balaban J connectivity index is 1.51. The van der Waals surface area contributed by atoms with Crippen LogP contribution in [0, 0.1) is 0 Å². The van der Waals surface area contributed by atoms with Gasteiger partial charge in [0, 0.05) is 28.2 Å². The minimum absolute atomic E-state index is 0.0208. The number of benzene rings is 3. The minimum atomic E-state index is 0.0208. The lowest BCUT2D eigenvalue weighted by Crippen LogP contribution is -2.35. The second-order valence-electron chi connectivity index (χ2n) is 7.65. The SMILES string of the molecule is C[C@@H]1Cc2ccccc2N1C(=O)c1ccc2[nH]c3nc4ccccc4nc3c2c1. The normalized spacial score (nSPS) is 16.0. The van der Waals surface area contributed by atoms with Crippen LogP contribution in [0.2, 0.25) is 0 Å². The molecule has 0 unspecified atom stereocenters. The molecule has 140 valence electrons. The smallest absolute Gasteiger partial charge is 0.258 e. The summed E-state index contributed by atoms with van der Waals surface area (Å²) in [5.74, 6) is 0.0208. The van der Waals surface area contributed by atoms with Crippen LogP contribution in [-0.4, -0.2) is 26.9 Å². The van der Waals surface area contributed by atoms with Gasteiger partial charge in [0.25, 0.3) is 5.91 Å². The van der Waals surface area contributed by atoms with Crippen molar-refractivity contribution in [1.29, 1.82) is 0 Å². The third-order valence-corrected chi connectivity index (χ3v) is 5.77. The van der Waals surface area contributed by atoms with E-state index in [4.69, 9.17) is 9.97 Å². The molecule has 0 spiro atoms. The highest BCUT2D eigenvalue weighted by atomic mass is 16.2. The zero-order valence-electron chi connectivity index (χ0n) is 15.9. The molecule has 0 fully saturated rings. The zero-order chi connectivity index (χ0) is 19.5. The minimum Gasteiger partial charge on any atom is -0.338 e. The van der Waals surface area contributed by atoms with Crippen molar-refractivity contribution in [2.24, 2.45) is 0 Å². The fraction of sp³-hybridized carbons (Fsp3) is 0.125. The molecule has 0 bridgehead atoms. The van der Waals surface area contributed by atoms with Crippen molar-refractivity contribution in [2.45, 2.75) is 19.4 Å². The van der Waals surface area contributed by atoms with Gasteiger partial charge in [-0.25, -0.2) is 9.97 Å². The summed E-state index contributed by atoms with van der Waals surface area (Å²) < 4.78 is 0. The number of nitrogens with zero attached hydrogens (tertiary/aromatic N) is 3. The van der Waals surface area contributed by atoms with E-state index in [1.807, 2.05) is 65.6 Å². The molecule has 6 rings (SSSR count). The monoisotopic (exact) mass is 378 g/mol. The standard InChI is InChI=1S/C24H18N4O/c1-14-12-15-6-2-5-9-21(15)28(14)24(29)16-10-11-18-17(13-16)22-23(26-18)27-20-8-4-3-7-19(20)25-22/h2-11,13-14H,12H2,1H3,(H,26,27)/t14-/m1/s1. The van der Waals surface area contributed by atoms with Crippen molar-refractivity contribution < 1.29 is 4.79 Å². The molecule has 0 aliphatic carbocycles. The molecule has 5 heteroatoms. The molecular weight excluding hydrogens is 360 g/mol. The lowest BCUT2D eigenvalue weighted by Gasteiger charge is -2.22. The number of nitrogens with one attached hydrogen (secondary N) is 1. The van der Waals surface area contributed by atoms with Crippen molar-refractivity contribution in [3.05, 3.63) is 77.9 Å². The zero-order valence-corrected chi connectivity index (χ0v) is 15.9. The van der Waals surface area contributed by atoms with Crippen LogP contribution in [0.3, 0.4) is 0 Å². The molecule has 1 amide bonds. The summed E-state index contributed by atoms with van der Waals surface area (Å²) in [7, 11) is 0. The van der Waals surface area contributed by atoms with Gasteiger partial charge in [-0.2, -0.15) is 0 Å². The van der Waals surface area contributed by atoms with Crippen molar-refractivity contribution in [3.8, 4) is 0 Å². The number of anilines is 1. The number of aromatic nitrogens is 3. The highest BCUT2D eigenvalue weighted by Crippen LogP contribution is 2.34. The third kappa shape index (κ3) is 2.37. The van der Waals surface area contributed by atoms with E-state index >= 15 is 0 Å². The molecule has 1 aliphatic heterocycles. The van der Waals surface area contributed by atoms with Crippen LogP contribution in [0.25, 0.3) is 33.1 Å². The first-order valence-corrected chi connectivity index (χ1v) is 9.79. The molecule has 0 saturated carbocycles. The molecule has 0 saturated heterocycles. The number of aromatic amines is 1. The molecule has 2 aromatic heterocycles. The molecule has 3 heterocycles. The Kier molecular flexibility index (Phi) is 3.29. The number of carbonyl (C=O) groups is 1. The van der Waals surface area contributed by atoms with Crippen LogP contribution < -0.4 is 4.90 Å². The van der Waals surface area contributed by atoms with Gasteiger partial charge >= 0.3 is 0 Å². The Morgan fingerprint density at radius 3 is 2.62 bits per heavy atom. The molecule has 0 radical (unpaired) electrons. The summed E-state index contributed by atoms with van der Waals surface area (Å²) in [6, 6.07) is 21.9. The second kappa shape index (κ2) is 5.88. The first-order chi connectivity index (χ1) is 14.2. The summed E-state index contributed by atoms with van der Waals surface area (Å²) in [6.07, 6.45) is 0.884. The predicted molar refractivity (Wildman–Crippen MR) is 115 cm³/mol. The lowest BCUT2D eigenvalue weighted by molar-refractivity contribution is 0.0981. The second-order valence-corrected chi connectivity index (χ2v) is 7.65. The molecule has 1 atom stereocenters. The van der Waals surface area contributed by atoms with E-state index in [1.165, 1.54) is 5.56 Å². The summed E-state index contributed by atoms with van der Waals surface area (Å²) >= 11 is 0. The number of fused-ring (bicyclic) bond motifs is 5. The summed E-state index contributed by atoms with van der Waals surface area (Å²) in [5.41, 5.74) is 7.06. The van der Waals surface area contributed by atoms with Gasteiger partial charge in [-0.1, -0.05) is 30.3 Å². The van der Waals surface area contributed by atoms with E-state index in [0.29, 0.717) is 5.56 Å². The summed E-state index contributed by atoms with van der Waals surface area (Å²) in [4.78, 5) is 28.1. The maximum absolute atomic E-state index is 13.4. The number of H-pyrrole nitrogens is 1. The summed E-state index contributed by atoms with van der Waals surface area (Å²) in [6.45, 7) is 2.10. The highest BCUT2D eigenvalue weighted by molar-refractivity contribution is 6.12. The molecule has 1 aliphatic rings. The van der Waals surface area contributed by atoms with Crippen molar-refractivity contribution in [1.82, 2.24) is 15.0 Å². The van der Waals surface area contributed by atoms with Gasteiger partial charge in [-0.15, -0.1) is 0 Å². The Bertz CT molecular complexity index is 1440. The average Bonchev–Trinajstić information content (AvgIpc) is 3.27. The van der Waals surface area contributed by atoms with E-state index in [1.54, 1.807) is 0 Å². The van der Waals surface area contributed by atoms with Crippen molar-refractivity contribution in [3.63, 3.8) is 0 Å². The van der Waals surface area contributed by atoms with Gasteiger partial charge < -0.3 is 9.88 Å². The van der Waals surface area contributed by atoms with Gasteiger partial charge in [-0.3, -0.25) is 4.79 Å². The van der Waals surface area contributed by atoms with Crippen molar-refractivity contribution in [2.75, 3.05) is 4.90 Å². The van der Waals surface area contributed by atoms with E-state index in [9.17, 15) is 4.79 Å². The van der Waals surface area contributed by atoms with E-state index in [0.717, 1.165) is 45.2 Å². The topological polar surface area (TPSA) is 61.9 Å². The largest absolute Gasteiger partial charge is 0.338 e. The van der Waals surface area contributed by atoms with E-state index in [-0.39, 0.29) is 11.9 Å². The first kappa shape index (κ1) is 16.2. The average molecular weight is 378 g/mol. The molecule has 3 aromatic carbocycles. The van der Waals surface area contributed by atoms with Gasteiger partial charge in [0.05, 0.1) is 11.0 Å². The fourth-order valence-corrected chi connectivity index (χ4v) is 4.40. The van der Waals surface area contributed by atoms with Crippen molar-refractivity contribution >= 4 is 44.7 Å². The molecular formula is C24H18N4O. The van der Waals surface area contributed by atoms with Crippen LogP contribution in [0.15, 0.2) is 66.7 Å². The number of carbonyl (C=O) groups excluding carboxylic acids is 1.